The molecule has 2 aromatic carbocycles. The smallest absolute Gasteiger partial charge is 0.412 e. The highest BCUT2D eigenvalue weighted by molar-refractivity contribution is 7.99. The van der Waals surface area contributed by atoms with Gasteiger partial charge in [0, 0.05) is 23.1 Å². The summed E-state index contributed by atoms with van der Waals surface area (Å²) in [5, 5.41) is 5.71. The Bertz CT molecular complexity index is 1030. The van der Waals surface area contributed by atoms with E-state index in [-0.39, 0.29) is 12.0 Å². The molecule has 3 rings (SSSR count). The molecule has 0 aliphatic carbocycles. The van der Waals surface area contributed by atoms with Crippen LogP contribution >= 0.6 is 11.8 Å². The zero-order valence-electron chi connectivity index (χ0n) is 24.0. The van der Waals surface area contributed by atoms with Crippen LogP contribution in [0.1, 0.15) is 103 Å². The van der Waals surface area contributed by atoms with Gasteiger partial charge in [-0.2, -0.15) is 0 Å². The number of amides is 2. The van der Waals surface area contributed by atoms with E-state index in [1.165, 1.54) is 37.5 Å². The number of nitrogens with one attached hydrogen (secondary N) is 2. The molecule has 7 heteroatoms. The van der Waals surface area contributed by atoms with Crippen molar-refractivity contribution in [3.8, 4) is 5.75 Å². The Balaban J connectivity index is 1.55. The Morgan fingerprint density at radius 1 is 0.923 bits per heavy atom. The number of fused-ring (bicyclic) bond motifs is 1. The molecule has 1 aliphatic rings. The lowest BCUT2D eigenvalue weighted by Gasteiger charge is -2.39. The van der Waals surface area contributed by atoms with Crippen molar-refractivity contribution < 1.29 is 19.1 Å². The van der Waals surface area contributed by atoms with E-state index in [0.29, 0.717) is 6.61 Å². The van der Waals surface area contributed by atoms with Crippen molar-refractivity contribution >= 4 is 35.1 Å². The maximum absolute atomic E-state index is 12.6. The van der Waals surface area contributed by atoms with Crippen molar-refractivity contribution in [3.63, 3.8) is 0 Å². The van der Waals surface area contributed by atoms with Gasteiger partial charge in [0.15, 0.2) is 0 Å². The van der Waals surface area contributed by atoms with Crippen LogP contribution < -0.4 is 15.4 Å². The molecular formula is C32H46N2O4S. The molecule has 6 nitrogen and oxygen atoms in total. The lowest BCUT2D eigenvalue weighted by atomic mass is 9.81. The van der Waals surface area contributed by atoms with Crippen LogP contribution in [0.15, 0.2) is 47.4 Å². The van der Waals surface area contributed by atoms with E-state index >= 15 is 0 Å². The Morgan fingerprint density at radius 3 is 2.26 bits per heavy atom. The third-order valence-corrected chi connectivity index (χ3v) is 8.22. The molecule has 0 aromatic heterocycles. The van der Waals surface area contributed by atoms with Crippen molar-refractivity contribution in [2.24, 2.45) is 0 Å². The van der Waals surface area contributed by atoms with Crippen LogP contribution in [0.2, 0.25) is 0 Å². The minimum Gasteiger partial charge on any atom is -0.494 e. The number of anilines is 2. The highest BCUT2D eigenvalue weighted by atomic mass is 32.2. The van der Waals surface area contributed by atoms with Crippen LogP contribution in [0.5, 0.6) is 5.75 Å². The Hall–Kier alpha value is -2.67. The molecule has 0 saturated heterocycles. The summed E-state index contributed by atoms with van der Waals surface area (Å²) < 4.78 is 12.3. The highest BCUT2D eigenvalue weighted by Crippen LogP contribution is 2.45. The van der Waals surface area contributed by atoms with Gasteiger partial charge in [0.1, 0.15) is 11.4 Å². The number of benzene rings is 2. The van der Waals surface area contributed by atoms with Crippen LogP contribution in [0.3, 0.4) is 0 Å². The molecule has 214 valence electrons. The maximum atomic E-state index is 12.6. The van der Waals surface area contributed by atoms with E-state index < -0.39 is 5.60 Å². The summed E-state index contributed by atoms with van der Waals surface area (Å²) in [7, 11) is 0. The van der Waals surface area contributed by atoms with E-state index in [0.717, 1.165) is 79.8 Å². The second kappa shape index (κ2) is 16.4. The fraction of sp³-hybridized carbons (Fsp3) is 0.562. The molecule has 2 N–H and O–H groups in total. The van der Waals surface area contributed by atoms with E-state index in [1.807, 2.05) is 48.2 Å². The number of hydrogen-bond acceptors (Lipinski definition) is 5. The SMILES string of the molecule is CCCCCCC1(CCCCCC)OC(=O)Nc2ccc(OCCCCSc3ccc(NC(C)=O)cc3)cc21. The molecular weight excluding hydrogens is 508 g/mol. The van der Waals surface area contributed by atoms with Crippen molar-refractivity contribution in [1.29, 1.82) is 0 Å². The quantitative estimate of drug-likeness (QED) is 0.142. The first-order valence-corrected chi connectivity index (χ1v) is 15.7. The zero-order valence-corrected chi connectivity index (χ0v) is 24.8. The second-order valence-corrected chi connectivity index (χ2v) is 11.6. The monoisotopic (exact) mass is 554 g/mol. The first kappa shape index (κ1) is 30.9. The fourth-order valence-electron chi connectivity index (χ4n) is 5.06. The summed E-state index contributed by atoms with van der Waals surface area (Å²) in [5.74, 6) is 1.78. The Morgan fingerprint density at radius 2 is 1.62 bits per heavy atom. The van der Waals surface area contributed by atoms with Crippen molar-refractivity contribution in [2.75, 3.05) is 23.0 Å². The largest absolute Gasteiger partial charge is 0.494 e. The average molecular weight is 555 g/mol. The number of ether oxygens (including phenoxy) is 2. The van der Waals surface area contributed by atoms with Crippen molar-refractivity contribution in [1.82, 2.24) is 0 Å². The molecule has 0 spiro atoms. The van der Waals surface area contributed by atoms with Gasteiger partial charge in [-0.25, -0.2) is 4.79 Å². The molecule has 2 amide bonds. The summed E-state index contributed by atoms with van der Waals surface area (Å²) in [6, 6.07) is 14.0. The van der Waals surface area contributed by atoms with Crippen LogP contribution in [0.25, 0.3) is 0 Å². The van der Waals surface area contributed by atoms with E-state index in [1.54, 1.807) is 0 Å². The normalized spacial score (nSPS) is 13.8. The molecule has 1 aliphatic heterocycles. The number of rotatable bonds is 18. The van der Waals surface area contributed by atoms with Crippen LogP contribution in [-0.2, 0) is 15.1 Å². The first-order valence-electron chi connectivity index (χ1n) is 14.7. The number of hydrogen-bond donors (Lipinski definition) is 2. The Kier molecular flexibility index (Phi) is 13.0. The van der Waals surface area contributed by atoms with Crippen LogP contribution in [-0.4, -0.2) is 24.4 Å². The van der Waals surface area contributed by atoms with Gasteiger partial charge in [0.25, 0.3) is 0 Å². The highest BCUT2D eigenvalue weighted by Gasteiger charge is 2.41. The molecule has 0 saturated carbocycles. The molecule has 0 unspecified atom stereocenters. The summed E-state index contributed by atoms with van der Waals surface area (Å²) in [6.45, 7) is 6.60. The van der Waals surface area contributed by atoms with Gasteiger partial charge in [-0.05, 0) is 86.7 Å². The third kappa shape index (κ3) is 10.1. The number of cyclic esters (lactones) is 1. The molecule has 0 atom stereocenters. The minimum atomic E-state index is -0.579. The van der Waals surface area contributed by atoms with Gasteiger partial charge in [0.05, 0.1) is 12.3 Å². The van der Waals surface area contributed by atoms with Gasteiger partial charge < -0.3 is 14.8 Å². The molecule has 0 fully saturated rings. The zero-order chi connectivity index (χ0) is 27.9. The van der Waals surface area contributed by atoms with Crippen LogP contribution in [0, 0.1) is 0 Å². The first-order chi connectivity index (χ1) is 19.0. The summed E-state index contributed by atoms with van der Waals surface area (Å²) in [4.78, 5) is 24.9. The fourth-order valence-corrected chi connectivity index (χ4v) is 5.97. The molecule has 0 radical (unpaired) electrons. The van der Waals surface area contributed by atoms with Gasteiger partial charge in [-0.15, -0.1) is 11.8 Å². The van der Waals surface area contributed by atoms with Gasteiger partial charge in [-0.3, -0.25) is 10.1 Å². The number of carbonyl (C=O) groups is 2. The molecule has 1 heterocycles. The van der Waals surface area contributed by atoms with Gasteiger partial charge in [0.2, 0.25) is 5.91 Å². The molecule has 39 heavy (non-hydrogen) atoms. The lowest BCUT2D eigenvalue weighted by molar-refractivity contribution is -0.114. The van der Waals surface area contributed by atoms with Crippen molar-refractivity contribution in [3.05, 3.63) is 48.0 Å². The molecule has 2 aromatic rings. The summed E-state index contributed by atoms with van der Waals surface area (Å²) in [5.41, 5.74) is 2.16. The van der Waals surface area contributed by atoms with E-state index in [4.69, 9.17) is 9.47 Å². The summed E-state index contributed by atoms with van der Waals surface area (Å²) in [6.07, 6.45) is 12.5. The van der Waals surface area contributed by atoms with Gasteiger partial charge in [-0.1, -0.05) is 52.4 Å². The van der Waals surface area contributed by atoms with E-state index in [2.05, 4.69) is 30.5 Å². The van der Waals surface area contributed by atoms with Gasteiger partial charge >= 0.3 is 6.09 Å². The van der Waals surface area contributed by atoms with Crippen LogP contribution in [0.4, 0.5) is 16.2 Å². The second-order valence-electron chi connectivity index (χ2n) is 10.4. The number of thioether (sulfide) groups is 1. The summed E-state index contributed by atoms with van der Waals surface area (Å²) >= 11 is 1.81. The minimum absolute atomic E-state index is 0.0590. The Labute approximate surface area is 239 Å². The number of unbranched alkanes of at least 4 members (excludes halogenated alkanes) is 7. The molecule has 0 bridgehead atoms. The average Bonchev–Trinajstić information content (AvgIpc) is 2.92. The third-order valence-electron chi connectivity index (χ3n) is 7.13. The topological polar surface area (TPSA) is 76.7 Å². The predicted molar refractivity (Wildman–Crippen MR) is 162 cm³/mol. The number of carbonyl (C=O) groups excluding carboxylic acids is 2. The van der Waals surface area contributed by atoms with Crippen molar-refractivity contribution in [2.45, 2.75) is 108 Å². The lowest BCUT2D eigenvalue weighted by Crippen LogP contribution is -2.39. The standard InChI is InChI=1S/C32H46N2O4S/c1-4-6-8-10-20-32(21-11-9-7-5-2)29-24-27(16-19-30(29)34-31(36)38-32)37-22-12-13-23-39-28-17-14-26(15-18-28)33-25(3)35/h14-19,24H,4-13,20-23H2,1-3H3,(H,33,35)(H,34,36). The predicted octanol–water partition coefficient (Wildman–Crippen LogP) is 9.29. The van der Waals surface area contributed by atoms with E-state index in [9.17, 15) is 9.59 Å². The maximum Gasteiger partial charge on any atom is 0.412 e.